The Morgan fingerprint density at radius 3 is 2.43 bits per heavy atom. The van der Waals surface area contributed by atoms with Gasteiger partial charge in [0.05, 0.1) is 5.69 Å². The van der Waals surface area contributed by atoms with Crippen molar-refractivity contribution in [1.29, 1.82) is 0 Å². The molecule has 0 radical (unpaired) electrons. The van der Waals surface area contributed by atoms with Gasteiger partial charge in [-0.05, 0) is 19.1 Å². The van der Waals surface area contributed by atoms with Crippen molar-refractivity contribution in [2.24, 2.45) is 0 Å². The molecule has 1 aliphatic rings. The molecule has 1 saturated heterocycles. The second kappa shape index (κ2) is 8.90. The Kier molecular flexibility index (Phi) is 5.88. The highest BCUT2D eigenvalue weighted by Crippen LogP contribution is 2.22. The number of halogens is 1. The number of anilines is 1. The molecule has 6 nitrogen and oxygen atoms in total. The molecule has 2 heterocycles. The molecule has 7 heteroatoms. The van der Waals surface area contributed by atoms with E-state index in [1.807, 2.05) is 36.4 Å². The zero-order valence-corrected chi connectivity index (χ0v) is 16.7. The summed E-state index contributed by atoms with van der Waals surface area (Å²) in [6.45, 7) is 4.06. The lowest BCUT2D eigenvalue weighted by Gasteiger charge is -2.36. The van der Waals surface area contributed by atoms with Crippen molar-refractivity contribution in [3.8, 4) is 17.0 Å². The van der Waals surface area contributed by atoms with E-state index < -0.39 is 11.9 Å². The largest absolute Gasteiger partial charge is 0.478 e. The maximum Gasteiger partial charge on any atom is 0.263 e. The van der Waals surface area contributed by atoms with E-state index in [9.17, 15) is 9.18 Å². The second-order valence-electron chi connectivity index (χ2n) is 7.13. The van der Waals surface area contributed by atoms with Crippen molar-refractivity contribution >= 4 is 11.7 Å². The molecule has 154 valence electrons. The number of amides is 1. The minimum Gasteiger partial charge on any atom is -0.478 e. The SMILES string of the molecule is CC(Oc1ccccc1F)C(=O)N1CCN(c2cc(-c3ccccc3)ncn2)CC1. The van der Waals surface area contributed by atoms with Crippen LogP contribution in [-0.2, 0) is 4.79 Å². The van der Waals surface area contributed by atoms with Gasteiger partial charge in [-0.1, -0.05) is 42.5 Å². The van der Waals surface area contributed by atoms with E-state index in [0.717, 1.165) is 17.1 Å². The average Bonchev–Trinajstić information content (AvgIpc) is 2.81. The molecule has 1 aliphatic heterocycles. The predicted octanol–water partition coefficient (Wildman–Crippen LogP) is 3.40. The Morgan fingerprint density at radius 1 is 1.00 bits per heavy atom. The van der Waals surface area contributed by atoms with Gasteiger partial charge in [-0.15, -0.1) is 0 Å². The number of carbonyl (C=O) groups is 1. The van der Waals surface area contributed by atoms with E-state index in [1.54, 1.807) is 30.3 Å². The standard InChI is InChI=1S/C23H23FN4O2/c1-17(30-21-10-6-5-9-19(21)24)23(29)28-13-11-27(12-14-28)22-15-20(25-16-26-22)18-7-3-2-4-8-18/h2-10,15-17H,11-14H2,1H3. The summed E-state index contributed by atoms with van der Waals surface area (Å²) in [4.78, 5) is 25.4. The van der Waals surface area contributed by atoms with E-state index in [4.69, 9.17) is 4.74 Å². The number of aromatic nitrogens is 2. The Morgan fingerprint density at radius 2 is 1.70 bits per heavy atom. The second-order valence-corrected chi connectivity index (χ2v) is 7.13. The van der Waals surface area contributed by atoms with E-state index in [-0.39, 0.29) is 11.7 Å². The maximum atomic E-state index is 13.8. The number of benzene rings is 2. The van der Waals surface area contributed by atoms with Gasteiger partial charge in [0.25, 0.3) is 5.91 Å². The van der Waals surface area contributed by atoms with Crippen LogP contribution in [0.5, 0.6) is 5.75 Å². The molecule has 1 amide bonds. The Labute approximate surface area is 174 Å². The monoisotopic (exact) mass is 406 g/mol. The molecular weight excluding hydrogens is 383 g/mol. The van der Waals surface area contributed by atoms with Gasteiger partial charge in [-0.3, -0.25) is 4.79 Å². The number of ether oxygens (including phenoxy) is 1. The zero-order valence-electron chi connectivity index (χ0n) is 16.7. The average molecular weight is 406 g/mol. The number of rotatable bonds is 5. The van der Waals surface area contributed by atoms with Crippen LogP contribution in [0.1, 0.15) is 6.92 Å². The van der Waals surface area contributed by atoms with Gasteiger partial charge in [0.1, 0.15) is 12.1 Å². The lowest BCUT2D eigenvalue weighted by atomic mass is 10.1. The van der Waals surface area contributed by atoms with E-state index in [0.29, 0.717) is 26.2 Å². The highest BCUT2D eigenvalue weighted by atomic mass is 19.1. The van der Waals surface area contributed by atoms with Crippen LogP contribution >= 0.6 is 0 Å². The molecule has 1 fully saturated rings. The molecule has 3 aromatic rings. The Balaban J connectivity index is 1.37. The van der Waals surface area contributed by atoms with Crippen molar-refractivity contribution in [2.75, 3.05) is 31.1 Å². The first-order valence-corrected chi connectivity index (χ1v) is 9.94. The first kappa shape index (κ1) is 19.8. The third kappa shape index (κ3) is 4.40. The summed E-state index contributed by atoms with van der Waals surface area (Å²) in [5.41, 5.74) is 1.90. The Hall–Kier alpha value is -3.48. The van der Waals surface area contributed by atoms with Crippen LogP contribution < -0.4 is 9.64 Å². The van der Waals surface area contributed by atoms with Gasteiger partial charge in [0.15, 0.2) is 17.7 Å². The zero-order chi connectivity index (χ0) is 20.9. The van der Waals surface area contributed by atoms with E-state index in [1.165, 1.54) is 12.1 Å². The van der Waals surface area contributed by atoms with Gasteiger partial charge >= 0.3 is 0 Å². The maximum absolute atomic E-state index is 13.8. The molecule has 1 unspecified atom stereocenters. The van der Waals surface area contributed by atoms with Gasteiger partial charge < -0.3 is 14.5 Å². The van der Waals surface area contributed by atoms with Gasteiger partial charge in [0, 0.05) is 37.8 Å². The third-order valence-corrected chi connectivity index (χ3v) is 5.13. The van der Waals surface area contributed by atoms with Crippen LogP contribution in [0.25, 0.3) is 11.3 Å². The molecule has 0 spiro atoms. The summed E-state index contributed by atoms with van der Waals surface area (Å²) in [7, 11) is 0. The minimum absolute atomic E-state index is 0.0893. The van der Waals surface area contributed by atoms with E-state index >= 15 is 0 Å². The van der Waals surface area contributed by atoms with Crippen molar-refractivity contribution in [1.82, 2.24) is 14.9 Å². The fraction of sp³-hybridized carbons (Fsp3) is 0.261. The van der Waals surface area contributed by atoms with Crippen molar-refractivity contribution in [3.63, 3.8) is 0 Å². The van der Waals surface area contributed by atoms with Crippen LogP contribution in [0.3, 0.4) is 0 Å². The van der Waals surface area contributed by atoms with Crippen molar-refractivity contribution in [2.45, 2.75) is 13.0 Å². The summed E-state index contributed by atoms with van der Waals surface area (Å²) in [5, 5.41) is 0. The number of piperazine rings is 1. The quantitative estimate of drug-likeness (QED) is 0.650. The highest BCUT2D eigenvalue weighted by Gasteiger charge is 2.27. The summed E-state index contributed by atoms with van der Waals surface area (Å²) >= 11 is 0. The molecular formula is C23H23FN4O2. The number of hydrogen-bond acceptors (Lipinski definition) is 5. The van der Waals surface area contributed by atoms with Crippen LogP contribution in [0.4, 0.5) is 10.2 Å². The van der Waals surface area contributed by atoms with Crippen LogP contribution in [0, 0.1) is 5.82 Å². The molecule has 0 bridgehead atoms. The van der Waals surface area contributed by atoms with Gasteiger partial charge in [-0.2, -0.15) is 0 Å². The number of para-hydroxylation sites is 1. The fourth-order valence-electron chi connectivity index (χ4n) is 3.48. The lowest BCUT2D eigenvalue weighted by Crippen LogP contribution is -2.52. The topological polar surface area (TPSA) is 58.6 Å². The molecule has 30 heavy (non-hydrogen) atoms. The third-order valence-electron chi connectivity index (χ3n) is 5.13. The highest BCUT2D eigenvalue weighted by molar-refractivity contribution is 5.81. The van der Waals surface area contributed by atoms with Crippen molar-refractivity contribution < 1.29 is 13.9 Å². The van der Waals surface area contributed by atoms with Gasteiger partial charge in [-0.25, -0.2) is 14.4 Å². The first-order valence-electron chi connectivity index (χ1n) is 9.94. The molecule has 2 aromatic carbocycles. The number of nitrogens with zero attached hydrogens (tertiary/aromatic N) is 4. The Bertz CT molecular complexity index is 1010. The minimum atomic E-state index is -0.753. The van der Waals surface area contributed by atoms with Crippen molar-refractivity contribution in [3.05, 3.63) is 72.8 Å². The number of hydrogen-bond donors (Lipinski definition) is 0. The molecule has 4 rings (SSSR count). The summed E-state index contributed by atoms with van der Waals surface area (Å²) < 4.78 is 19.3. The van der Waals surface area contributed by atoms with Crippen LogP contribution in [-0.4, -0.2) is 53.1 Å². The van der Waals surface area contributed by atoms with E-state index in [2.05, 4.69) is 14.9 Å². The predicted molar refractivity (Wildman–Crippen MR) is 113 cm³/mol. The smallest absolute Gasteiger partial charge is 0.263 e. The molecule has 0 saturated carbocycles. The lowest BCUT2D eigenvalue weighted by molar-refractivity contribution is -0.138. The summed E-state index contributed by atoms with van der Waals surface area (Å²) in [6, 6.07) is 18.0. The summed E-state index contributed by atoms with van der Waals surface area (Å²) in [5.74, 6) is 0.309. The number of carbonyl (C=O) groups excluding carboxylic acids is 1. The van der Waals surface area contributed by atoms with Gasteiger partial charge in [0.2, 0.25) is 0 Å². The molecule has 0 N–H and O–H groups in total. The van der Waals surface area contributed by atoms with Crippen LogP contribution in [0.15, 0.2) is 67.0 Å². The molecule has 1 aromatic heterocycles. The first-order chi connectivity index (χ1) is 14.6. The normalized spacial score (nSPS) is 15.0. The molecule has 0 aliphatic carbocycles. The fourth-order valence-corrected chi connectivity index (χ4v) is 3.48. The molecule has 1 atom stereocenters. The summed E-state index contributed by atoms with van der Waals surface area (Å²) in [6.07, 6.45) is 0.816. The van der Waals surface area contributed by atoms with Crippen LogP contribution in [0.2, 0.25) is 0 Å².